The van der Waals surface area contributed by atoms with Gasteiger partial charge >= 0.3 is 0 Å². The maximum absolute atomic E-state index is 13.8. The van der Waals surface area contributed by atoms with Gasteiger partial charge in [0.25, 0.3) is 6.43 Å². The van der Waals surface area contributed by atoms with Crippen LogP contribution >= 0.6 is 15.9 Å². The fraction of sp³-hybridized carbons (Fsp3) is 0.367. The van der Waals surface area contributed by atoms with Crippen LogP contribution in [0.3, 0.4) is 0 Å². The number of carbonyl (C=O) groups is 3. The second-order valence-corrected chi connectivity index (χ2v) is 12.3. The summed E-state index contributed by atoms with van der Waals surface area (Å²) in [7, 11) is 0. The quantitative estimate of drug-likeness (QED) is 0.209. The van der Waals surface area contributed by atoms with E-state index in [0.29, 0.717) is 27.8 Å². The molecule has 0 spiro atoms. The second kappa shape index (κ2) is 10.5. The first-order valence-corrected chi connectivity index (χ1v) is 14.5. The summed E-state index contributed by atoms with van der Waals surface area (Å²) in [6, 6.07) is 5.89. The molecule has 3 atom stereocenters. The Morgan fingerprint density at radius 2 is 1.84 bits per heavy atom. The molecule has 13 heteroatoms. The molecule has 3 aromatic heterocycles. The van der Waals surface area contributed by atoms with Crippen LogP contribution in [0.4, 0.5) is 14.6 Å². The van der Waals surface area contributed by atoms with Crippen molar-refractivity contribution in [3.05, 3.63) is 63.9 Å². The first kappa shape index (κ1) is 29.0. The number of halogens is 3. The Balaban J connectivity index is 1.29. The molecule has 43 heavy (non-hydrogen) atoms. The average Bonchev–Trinajstić information content (AvgIpc) is 3.30. The molecule has 222 valence electrons. The second-order valence-electron chi connectivity index (χ2n) is 11.5. The third-order valence-electron chi connectivity index (χ3n) is 8.40. The topological polar surface area (TPSA) is 123 Å². The molecule has 2 fully saturated rings. The molecule has 2 aliphatic rings. The highest BCUT2D eigenvalue weighted by molar-refractivity contribution is 9.10. The SMILES string of the molecule is CC(=O)c1nn(CC(=O)N2[C@H](C(=O)Nc3nc(Br)cc(C)c3C(F)F)C[C@@]3(C)C[C@@H]23)c2ccc(-c3cnc(C)nc3)cc12. The van der Waals surface area contributed by atoms with E-state index in [1.807, 2.05) is 19.1 Å². The Bertz CT molecular complexity index is 1810. The average molecular weight is 652 g/mol. The van der Waals surface area contributed by atoms with Crippen LogP contribution in [0.15, 0.2) is 41.3 Å². The molecule has 1 aliphatic heterocycles. The summed E-state index contributed by atoms with van der Waals surface area (Å²) in [5.41, 5.74) is 2.06. The van der Waals surface area contributed by atoms with Gasteiger partial charge in [0.05, 0.1) is 11.1 Å². The van der Waals surface area contributed by atoms with Gasteiger partial charge in [0.2, 0.25) is 11.8 Å². The molecule has 0 radical (unpaired) electrons. The highest BCUT2D eigenvalue weighted by Crippen LogP contribution is 2.59. The highest BCUT2D eigenvalue weighted by atomic mass is 79.9. The zero-order chi connectivity index (χ0) is 30.8. The lowest BCUT2D eigenvalue weighted by Gasteiger charge is -2.27. The number of fused-ring (bicyclic) bond motifs is 2. The molecular weight excluding hydrogens is 624 g/mol. The number of likely N-dealkylation sites (tertiary alicyclic amines) is 1. The number of aromatic nitrogens is 5. The van der Waals surface area contributed by atoms with Gasteiger partial charge < -0.3 is 10.2 Å². The van der Waals surface area contributed by atoms with Gasteiger partial charge in [0.1, 0.15) is 34.5 Å². The van der Waals surface area contributed by atoms with E-state index in [9.17, 15) is 23.2 Å². The molecule has 4 aromatic rings. The van der Waals surface area contributed by atoms with Crippen LogP contribution in [-0.2, 0) is 16.1 Å². The normalized spacial score (nSPS) is 20.9. The van der Waals surface area contributed by atoms with Crippen LogP contribution in [0.1, 0.15) is 60.6 Å². The standard InChI is InChI=1S/C30H28BrF2N7O3/c1-14-7-23(31)36-28(25(14)27(32)33)37-29(43)21-9-30(4)10-22(30)40(21)24(42)13-39-20-6-5-17(18-11-34-16(3)35-12-18)8-19(20)26(38-39)15(2)41/h5-8,11-12,21-22,27H,9-10,13H2,1-4H3,(H,36,37,43)/t21-,22+,30-/m0/s1. The number of aryl methyl sites for hydroxylation is 2. The summed E-state index contributed by atoms with van der Waals surface area (Å²) in [6.07, 6.45) is 1.69. The van der Waals surface area contributed by atoms with Crippen molar-refractivity contribution in [2.24, 2.45) is 5.41 Å². The van der Waals surface area contributed by atoms with Crippen molar-refractivity contribution in [2.45, 2.75) is 65.6 Å². The predicted octanol–water partition coefficient (Wildman–Crippen LogP) is 5.43. The van der Waals surface area contributed by atoms with Gasteiger partial charge in [-0.05, 0) is 77.4 Å². The van der Waals surface area contributed by atoms with Crippen LogP contribution in [0.25, 0.3) is 22.0 Å². The first-order valence-electron chi connectivity index (χ1n) is 13.7. The van der Waals surface area contributed by atoms with Crippen LogP contribution in [0.2, 0.25) is 0 Å². The van der Waals surface area contributed by atoms with Crippen molar-refractivity contribution in [1.29, 1.82) is 0 Å². The summed E-state index contributed by atoms with van der Waals surface area (Å²) in [5.74, 6) is -0.779. The van der Waals surface area contributed by atoms with Crippen LogP contribution in [0, 0.1) is 19.3 Å². The summed E-state index contributed by atoms with van der Waals surface area (Å²) in [4.78, 5) is 54.0. The Kier molecular flexibility index (Phi) is 7.10. The summed E-state index contributed by atoms with van der Waals surface area (Å²) in [6.45, 7) is 6.53. The van der Waals surface area contributed by atoms with E-state index < -0.39 is 18.4 Å². The Labute approximate surface area is 254 Å². The van der Waals surface area contributed by atoms with E-state index in [2.05, 4.69) is 41.3 Å². The minimum absolute atomic E-state index is 0.162. The number of pyridine rings is 1. The van der Waals surface area contributed by atoms with Gasteiger partial charge in [-0.15, -0.1) is 0 Å². The first-order chi connectivity index (χ1) is 20.4. The Morgan fingerprint density at radius 3 is 2.51 bits per heavy atom. The molecular formula is C30H28BrF2N7O3. The van der Waals surface area contributed by atoms with Crippen molar-refractivity contribution in [3.8, 4) is 11.1 Å². The number of piperidine rings is 1. The van der Waals surface area contributed by atoms with Crippen molar-refractivity contribution in [2.75, 3.05) is 5.32 Å². The molecule has 1 saturated heterocycles. The lowest BCUT2D eigenvalue weighted by molar-refractivity contribution is -0.138. The van der Waals surface area contributed by atoms with Crippen LogP contribution in [-0.4, -0.2) is 59.3 Å². The van der Waals surface area contributed by atoms with E-state index in [1.54, 1.807) is 30.3 Å². The Morgan fingerprint density at radius 1 is 1.12 bits per heavy atom. The van der Waals surface area contributed by atoms with Crippen molar-refractivity contribution >= 4 is 50.2 Å². The monoisotopic (exact) mass is 651 g/mol. The molecule has 10 nitrogen and oxygen atoms in total. The van der Waals surface area contributed by atoms with Gasteiger partial charge in [-0.25, -0.2) is 23.7 Å². The Hall–Kier alpha value is -4.13. The van der Waals surface area contributed by atoms with E-state index in [0.717, 1.165) is 17.5 Å². The number of rotatable bonds is 7. The van der Waals surface area contributed by atoms with Gasteiger partial charge in [-0.3, -0.25) is 19.1 Å². The number of nitrogens with zero attached hydrogens (tertiary/aromatic N) is 6. The molecule has 0 unspecified atom stereocenters. The summed E-state index contributed by atoms with van der Waals surface area (Å²) >= 11 is 3.21. The van der Waals surface area contributed by atoms with Crippen molar-refractivity contribution in [3.63, 3.8) is 0 Å². The van der Waals surface area contributed by atoms with E-state index in [-0.39, 0.29) is 52.3 Å². The largest absolute Gasteiger partial charge is 0.325 e. The van der Waals surface area contributed by atoms with Gasteiger partial charge in [0.15, 0.2) is 5.78 Å². The van der Waals surface area contributed by atoms with Crippen molar-refractivity contribution < 1.29 is 23.2 Å². The molecule has 4 heterocycles. The van der Waals surface area contributed by atoms with E-state index >= 15 is 0 Å². The number of carbonyl (C=O) groups excluding carboxylic acids is 3. The number of ketones is 1. The minimum atomic E-state index is -2.84. The molecule has 1 saturated carbocycles. The number of hydrogen-bond donors (Lipinski definition) is 1. The lowest BCUT2D eigenvalue weighted by atomic mass is 10.0. The molecule has 1 N–H and O–H groups in total. The van der Waals surface area contributed by atoms with E-state index in [4.69, 9.17) is 0 Å². The number of benzene rings is 1. The fourth-order valence-electron chi connectivity index (χ4n) is 6.06. The fourth-order valence-corrected chi connectivity index (χ4v) is 6.58. The zero-order valence-corrected chi connectivity index (χ0v) is 25.4. The molecule has 1 aliphatic carbocycles. The number of Topliss-reactive ketones (excluding diaryl/α,β-unsaturated/α-hetero) is 1. The number of alkyl halides is 2. The lowest BCUT2D eigenvalue weighted by Crippen LogP contribution is -2.47. The predicted molar refractivity (Wildman–Crippen MR) is 158 cm³/mol. The minimum Gasteiger partial charge on any atom is -0.325 e. The number of nitrogens with one attached hydrogen (secondary N) is 1. The summed E-state index contributed by atoms with van der Waals surface area (Å²) < 4.78 is 29.5. The highest BCUT2D eigenvalue weighted by Gasteiger charge is 2.64. The molecule has 1 aromatic carbocycles. The van der Waals surface area contributed by atoms with Crippen molar-refractivity contribution in [1.82, 2.24) is 29.6 Å². The third kappa shape index (κ3) is 5.19. The molecule has 0 bridgehead atoms. The molecule has 2 amide bonds. The van der Waals surface area contributed by atoms with Gasteiger partial charge in [0, 0.05) is 36.3 Å². The maximum Gasteiger partial charge on any atom is 0.267 e. The van der Waals surface area contributed by atoms with E-state index in [1.165, 1.54) is 24.6 Å². The molecule has 6 rings (SSSR count). The maximum atomic E-state index is 13.8. The number of anilines is 1. The smallest absolute Gasteiger partial charge is 0.267 e. The van der Waals surface area contributed by atoms with Crippen LogP contribution in [0.5, 0.6) is 0 Å². The third-order valence-corrected chi connectivity index (χ3v) is 8.81. The number of amides is 2. The van der Waals surface area contributed by atoms with Gasteiger partial charge in [-0.2, -0.15) is 5.10 Å². The number of hydrogen-bond acceptors (Lipinski definition) is 7. The zero-order valence-electron chi connectivity index (χ0n) is 23.9. The summed E-state index contributed by atoms with van der Waals surface area (Å²) in [5, 5.41) is 7.63. The van der Waals surface area contributed by atoms with Gasteiger partial charge in [-0.1, -0.05) is 13.0 Å². The van der Waals surface area contributed by atoms with Crippen LogP contribution < -0.4 is 5.32 Å².